The van der Waals surface area contributed by atoms with Crippen molar-refractivity contribution in [2.24, 2.45) is 0 Å². The molecule has 97 valence electrons. The largest absolute Gasteiger partial charge is 0.272 e. The quantitative estimate of drug-likeness (QED) is 0.643. The molecule has 0 spiro atoms. The zero-order chi connectivity index (χ0) is 13.6. The molecular formula is C19H16N. The highest BCUT2D eigenvalue weighted by Crippen LogP contribution is 2.26. The van der Waals surface area contributed by atoms with Gasteiger partial charge in [0.2, 0.25) is 0 Å². The third-order valence-electron chi connectivity index (χ3n) is 3.26. The zero-order valence-corrected chi connectivity index (χ0v) is 11.2. The van der Waals surface area contributed by atoms with Gasteiger partial charge < -0.3 is 0 Å². The summed E-state index contributed by atoms with van der Waals surface area (Å²) in [5.74, 6) is 0. The molecule has 1 nitrogen and oxygen atoms in total. The molecular weight excluding hydrogens is 242 g/mol. The molecule has 0 amide bonds. The molecule has 1 heteroatoms. The van der Waals surface area contributed by atoms with Crippen LogP contribution in [0, 0.1) is 0 Å². The molecule has 0 aromatic heterocycles. The van der Waals surface area contributed by atoms with E-state index in [-0.39, 0.29) is 6.04 Å². The SMILES string of the molecule is c1ccc([N]C(c2ccccc2)c2ccccc2)cc1. The van der Waals surface area contributed by atoms with Crippen LogP contribution in [0.2, 0.25) is 0 Å². The highest BCUT2D eigenvalue weighted by Gasteiger charge is 2.14. The van der Waals surface area contributed by atoms with Gasteiger partial charge in [0.25, 0.3) is 0 Å². The highest BCUT2D eigenvalue weighted by atomic mass is 14.9. The van der Waals surface area contributed by atoms with Gasteiger partial charge in [-0.2, -0.15) is 0 Å². The maximum absolute atomic E-state index is 4.90. The van der Waals surface area contributed by atoms with Gasteiger partial charge in [0.1, 0.15) is 6.04 Å². The molecule has 3 rings (SSSR count). The maximum Gasteiger partial charge on any atom is 0.101 e. The molecule has 20 heavy (non-hydrogen) atoms. The second kappa shape index (κ2) is 6.07. The molecule has 0 saturated carbocycles. The lowest BCUT2D eigenvalue weighted by Crippen LogP contribution is -2.11. The molecule has 0 heterocycles. The lowest BCUT2D eigenvalue weighted by atomic mass is 9.98. The van der Waals surface area contributed by atoms with Gasteiger partial charge in [-0.15, -0.1) is 0 Å². The lowest BCUT2D eigenvalue weighted by Gasteiger charge is -2.18. The van der Waals surface area contributed by atoms with Crippen LogP contribution in [0.3, 0.4) is 0 Å². The van der Waals surface area contributed by atoms with Crippen molar-refractivity contribution >= 4 is 5.69 Å². The number of rotatable bonds is 4. The van der Waals surface area contributed by atoms with E-state index in [1.165, 1.54) is 11.1 Å². The van der Waals surface area contributed by atoms with E-state index in [2.05, 4.69) is 48.5 Å². The van der Waals surface area contributed by atoms with Crippen molar-refractivity contribution < 1.29 is 0 Å². The van der Waals surface area contributed by atoms with Crippen molar-refractivity contribution in [1.29, 1.82) is 0 Å². The Morgan fingerprint density at radius 1 is 0.500 bits per heavy atom. The first-order valence-corrected chi connectivity index (χ1v) is 6.79. The number of benzene rings is 3. The Kier molecular flexibility index (Phi) is 3.79. The van der Waals surface area contributed by atoms with Crippen LogP contribution in [-0.2, 0) is 0 Å². The minimum Gasteiger partial charge on any atom is -0.272 e. The standard InChI is InChI=1S/C19H16N/c1-4-10-16(11-5-1)19(17-12-6-2-7-13-17)20-18-14-8-3-9-15-18/h1-15,19H. The molecule has 0 aliphatic carbocycles. The van der Waals surface area contributed by atoms with Gasteiger partial charge >= 0.3 is 0 Å². The molecule has 0 saturated heterocycles. The predicted octanol–water partition coefficient (Wildman–Crippen LogP) is 4.71. The van der Waals surface area contributed by atoms with Crippen LogP contribution < -0.4 is 5.32 Å². The Hall–Kier alpha value is -2.54. The third kappa shape index (κ3) is 2.89. The van der Waals surface area contributed by atoms with Crippen molar-refractivity contribution in [2.45, 2.75) is 6.04 Å². The Morgan fingerprint density at radius 3 is 1.35 bits per heavy atom. The minimum absolute atomic E-state index is 0.0415. The normalized spacial score (nSPS) is 10.4. The maximum atomic E-state index is 4.90. The van der Waals surface area contributed by atoms with Crippen molar-refractivity contribution in [3.8, 4) is 0 Å². The lowest BCUT2D eigenvalue weighted by molar-refractivity contribution is 0.724. The van der Waals surface area contributed by atoms with E-state index in [9.17, 15) is 0 Å². The molecule has 3 aromatic carbocycles. The van der Waals surface area contributed by atoms with Crippen LogP contribution in [0.15, 0.2) is 91.0 Å². The average Bonchev–Trinajstić information content (AvgIpc) is 2.55. The summed E-state index contributed by atoms with van der Waals surface area (Å²) in [6.45, 7) is 0. The minimum atomic E-state index is 0.0415. The second-order valence-electron chi connectivity index (χ2n) is 4.69. The van der Waals surface area contributed by atoms with E-state index in [0.717, 1.165) is 5.69 Å². The van der Waals surface area contributed by atoms with E-state index in [0.29, 0.717) is 0 Å². The van der Waals surface area contributed by atoms with E-state index >= 15 is 0 Å². The Balaban J connectivity index is 1.96. The first-order valence-electron chi connectivity index (χ1n) is 6.79. The Labute approximate surface area is 119 Å². The number of hydrogen-bond acceptors (Lipinski definition) is 0. The molecule has 3 aromatic rings. The molecule has 1 radical (unpaired) electrons. The van der Waals surface area contributed by atoms with E-state index in [1.807, 2.05) is 42.5 Å². The van der Waals surface area contributed by atoms with E-state index < -0.39 is 0 Å². The van der Waals surface area contributed by atoms with Crippen molar-refractivity contribution in [3.63, 3.8) is 0 Å². The fourth-order valence-electron chi connectivity index (χ4n) is 2.28. The predicted molar refractivity (Wildman–Crippen MR) is 83.0 cm³/mol. The van der Waals surface area contributed by atoms with Crippen LogP contribution in [-0.4, -0.2) is 0 Å². The first-order chi connectivity index (χ1) is 9.93. The van der Waals surface area contributed by atoms with Gasteiger partial charge in [-0.05, 0) is 23.3 Å². The monoisotopic (exact) mass is 258 g/mol. The third-order valence-corrected chi connectivity index (χ3v) is 3.26. The highest BCUT2D eigenvalue weighted by molar-refractivity contribution is 5.40. The summed E-state index contributed by atoms with van der Waals surface area (Å²) in [4.78, 5) is 0. The summed E-state index contributed by atoms with van der Waals surface area (Å²) in [7, 11) is 0. The van der Waals surface area contributed by atoms with E-state index in [1.54, 1.807) is 0 Å². The fraction of sp³-hybridized carbons (Fsp3) is 0.0526. The molecule has 0 fully saturated rings. The van der Waals surface area contributed by atoms with Crippen molar-refractivity contribution in [2.75, 3.05) is 0 Å². The Morgan fingerprint density at radius 2 is 0.900 bits per heavy atom. The molecule has 0 aliphatic heterocycles. The summed E-state index contributed by atoms with van der Waals surface area (Å²) < 4.78 is 0. The van der Waals surface area contributed by atoms with Crippen LogP contribution in [0.5, 0.6) is 0 Å². The topological polar surface area (TPSA) is 14.1 Å². The fourth-order valence-corrected chi connectivity index (χ4v) is 2.28. The van der Waals surface area contributed by atoms with Gasteiger partial charge in [0.15, 0.2) is 0 Å². The summed E-state index contributed by atoms with van der Waals surface area (Å²) in [6, 6.07) is 31.0. The van der Waals surface area contributed by atoms with Gasteiger partial charge in [0, 0.05) is 0 Å². The van der Waals surface area contributed by atoms with Gasteiger partial charge in [-0.3, -0.25) is 5.32 Å². The zero-order valence-electron chi connectivity index (χ0n) is 11.2. The summed E-state index contributed by atoms with van der Waals surface area (Å²) in [5.41, 5.74) is 3.43. The molecule has 0 unspecified atom stereocenters. The van der Waals surface area contributed by atoms with Crippen LogP contribution in [0.1, 0.15) is 17.2 Å². The molecule has 0 bridgehead atoms. The number of para-hydroxylation sites is 1. The number of nitrogens with zero attached hydrogens (tertiary/aromatic N) is 1. The van der Waals surface area contributed by atoms with Gasteiger partial charge in [-0.25, -0.2) is 0 Å². The smallest absolute Gasteiger partial charge is 0.101 e. The molecule has 0 atom stereocenters. The Bertz CT molecular complexity index is 593. The molecule has 0 N–H and O–H groups in total. The summed E-state index contributed by atoms with van der Waals surface area (Å²) in [5, 5.41) is 4.90. The van der Waals surface area contributed by atoms with Gasteiger partial charge in [-0.1, -0.05) is 78.9 Å². The van der Waals surface area contributed by atoms with E-state index in [4.69, 9.17) is 5.32 Å². The van der Waals surface area contributed by atoms with Crippen molar-refractivity contribution in [3.05, 3.63) is 102 Å². The first kappa shape index (κ1) is 12.5. The van der Waals surface area contributed by atoms with Crippen LogP contribution in [0.4, 0.5) is 5.69 Å². The summed E-state index contributed by atoms with van der Waals surface area (Å²) in [6.07, 6.45) is 0. The average molecular weight is 258 g/mol. The van der Waals surface area contributed by atoms with Crippen molar-refractivity contribution in [1.82, 2.24) is 5.32 Å². The summed E-state index contributed by atoms with van der Waals surface area (Å²) >= 11 is 0. The van der Waals surface area contributed by atoms with Gasteiger partial charge in [0.05, 0.1) is 5.69 Å². The number of hydrogen-bond donors (Lipinski definition) is 0. The van der Waals surface area contributed by atoms with Crippen LogP contribution >= 0.6 is 0 Å². The van der Waals surface area contributed by atoms with Crippen LogP contribution in [0.25, 0.3) is 0 Å². The molecule has 0 aliphatic rings. The second-order valence-corrected chi connectivity index (χ2v) is 4.69.